The highest BCUT2D eigenvalue weighted by molar-refractivity contribution is 7.92. The molecular formula is C18H25N3O5S. The SMILES string of the molecule is CNC(=O)c1cccc(CCNC(=O)N2C[C@H]3[C@@H](C2)S(=O)(=O)C[C@H]3OC)c1. The van der Waals surface area contributed by atoms with Gasteiger partial charge in [0.1, 0.15) is 0 Å². The Morgan fingerprint density at radius 3 is 2.78 bits per heavy atom. The molecule has 0 aromatic heterocycles. The standard InChI is InChI=1S/C18H25N3O5S/c1-19-17(22)13-5-3-4-12(8-13)6-7-20-18(23)21-9-14-15(26-2)11-27(24,25)16(14)10-21/h3-5,8,14-16H,6-7,9-11H2,1-2H3,(H,19,22)(H,20,23)/t14-,15-,16-/m1/s1. The van der Waals surface area contributed by atoms with Crippen LogP contribution in [0.4, 0.5) is 4.79 Å². The predicted molar refractivity (Wildman–Crippen MR) is 100 cm³/mol. The number of rotatable bonds is 5. The monoisotopic (exact) mass is 395 g/mol. The third-order valence-electron chi connectivity index (χ3n) is 5.34. The molecule has 2 N–H and O–H groups in total. The van der Waals surface area contributed by atoms with E-state index in [1.807, 2.05) is 6.07 Å². The lowest BCUT2D eigenvalue weighted by Crippen LogP contribution is -2.41. The van der Waals surface area contributed by atoms with Crippen molar-refractivity contribution in [3.8, 4) is 0 Å². The number of urea groups is 1. The van der Waals surface area contributed by atoms with E-state index in [2.05, 4.69) is 10.6 Å². The van der Waals surface area contributed by atoms with Crippen LogP contribution in [-0.4, -0.2) is 76.2 Å². The van der Waals surface area contributed by atoms with E-state index < -0.39 is 15.1 Å². The molecule has 3 rings (SSSR count). The van der Waals surface area contributed by atoms with Crippen molar-refractivity contribution in [2.24, 2.45) is 5.92 Å². The van der Waals surface area contributed by atoms with Gasteiger partial charge in [-0.3, -0.25) is 4.79 Å². The van der Waals surface area contributed by atoms with E-state index in [-0.39, 0.29) is 36.3 Å². The summed E-state index contributed by atoms with van der Waals surface area (Å²) in [7, 11) is -0.125. The predicted octanol–water partition coefficient (Wildman–Crippen LogP) is 0.0421. The van der Waals surface area contributed by atoms with Crippen LogP contribution < -0.4 is 10.6 Å². The Labute approximate surface area is 159 Å². The van der Waals surface area contributed by atoms with Crippen molar-refractivity contribution in [2.75, 3.05) is 39.5 Å². The molecule has 8 nitrogen and oxygen atoms in total. The summed E-state index contributed by atoms with van der Waals surface area (Å²) in [6.45, 7) is 1.01. The number of ether oxygens (including phenoxy) is 1. The van der Waals surface area contributed by atoms with E-state index in [9.17, 15) is 18.0 Å². The van der Waals surface area contributed by atoms with Gasteiger partial charge in [-0.1, -0.05) is 12.1 Å². The van der Waals surface area contributed by atoms with E-state index in [1.165, 1.54) is 7.11 Å². The lowest BCUT2D eigenvalue weighted by molar-refractivity contribution is 0.0821. The van der Waals surface area contributed by atoms with Crippen LogP contribution in [0.3, 0.4) is 0 Å². The number of sulfone groups is 1. The number of likely N-dealkylation sites (tertiary alicyclic amines) is 1. The first kappa shape index (κ1) is 19.6. The number of nitrogens with zero attached hydrogens (tertiary/aromatic N) is 1. The minimum absolute atomic E-state index is 0.0377. The van der Waals surface area contributed by atoms with E-state index in [1.54, 1.807) is 30.1 Å². The van der Waals surface area contributed by atoms with E-state index in [4.69, 9.17) is 4.74 Å². The van der Waals surface area contributed by atoms with Gasteiger partial charge in [0.25, 0.3) is 5.91 Å². The van der Waals surface area contributed by atoms with Crippen molar-refractivity contribution < 1.29 is 22.7 Å². The Morgan fingerprint density at radius 1 is 1.30 bits per heavy atom. The van der Waals surface area contributed by atoms with Crippen molar-refractivity contribution in [1.29, 1.82) is 0 Å². The molecule has 2 heterocycles. The molecule has 2 fully saturated rings. The van der Waals surface area contributed by atoms with Gasteiger partial charge >= 0.3 is 6.03 Å². The van der Waals surface area contributed by atoms with Crippen LogP contribution in [0.5, 0.6) is 0 Å². The molecule has 1 aromatic rings. The number of carbonyl (C=O) groups is 2. The van der Waals surface area contributed by atoms with Gasteiger partial charge < -0.3 is 20.3 Å². The first-order valence-corrected chi connectivity index (χ1v) is 10.7. The van der Waals surface area contributed by atoms with Crippen molar-refractivity contribution in [1.82, 2.24) is 15.5 Å². The van der Waals surface area contributed by atoms with Gasteiger partial charge in [0, 0.05) is 45.3 Å². The summed E-state index contributed by atoms with van der Waals surface area (Å²) in [6.07, 6.45) is 0.237. The first-order chi connectivity index (χ1) is 12.9. The topological polar surface area (TPSA) is 105 Å². The van der Waals surface area contributed by atoms with Crippen molar-refractivity contribution in [2.45, 2.75) is 17.8 Å². The third-order valence-corrected chi connectivity index (χ3v) is 7.55. The summed E-state index contributed by atoms with van der Waals surface area (Å²) in [5.74, 6) is -0.274. The average molecular weight is 395 g/mol. The van der Waals surface area contributed by atoms with Gasteiger partial charge in [-0.05, 0) is 24.1 Å². The lowest BCUT2D eigenvalue weighted by Gasteiger charge is -2.20. The second-order valence-electron chi connectivity index (χ2n) is 6.97. The molecule has 0 radical (unpaired) electrons. The number of benzene rings is 1. The molecule has 3 atom stereocenters. The average Bonchev–Trinajstić information content (AvgIpc) is 3.20. The number of hydrogen-bond acceptors (Lipinski definition) is 5. The highest BCUT2D eigenvalue weighted by Crippen LogP contribution is 2.35. The van der Waals surface area contributed by atoms with Crippen LogP contribution in [0.2, 0.25) is 0 Å². The summed E-state index contributed by atoms with van der Waals surface area (Å²) in [4.78, 5) is 25.6. The molecule has 0 unspecified atom stereocenters. The summed E-state index contributed by atoms with van der Waals surface area (Å²) in [6, 6.07) is 6.96. The zero-order valence-corrected chi connectivity index (χ0v) is 16.3. The Hall–Kier alpha value is -2.13. The maximum atomic E-state index is 12.4. The first-order valence-electron chi connectivity index (χ1n) is 8.94. The van der Waals surface area contributed by atoms with Crippen LogP contribution in [0, 0.1) is 5.92 Å². The quantitative estimate of drug-likeness (QED) is 0.733. The van der Waals surface area contributed by atoms with Gasteiger partial charge in [-0.2, -0.15) is 0 Å². The molecule has 2 saturated heterocycles. The van der Waals surface area contributed by atoms with E-state index in [0.717, 1.165) is 5.56 Å². The second-order valence-corrected chi connectivity index (χ2v) is 9.24. The smallest absolute Gasteiger partial charge is 0.317 e. The van der Waals surface area contributed by atoms with Gasteiger partial charge in [0.2, 0.25) is 0 Å². The zero-order chi connectivity index (χ0) is 19.6. The van der Waals surface area contributed by atoms with E-state index >= 15 is 0 Å². The maximum absolute atomic E-state index is 12.4. The number of carbonyl (C=O) groups excluding carboxylic acids is 2. The van der Waals surface area contributed by atoms with Crippen LogP contribution in [0.1, 0.15) is 15.9 Å². The third kappa shape index (κ3) is 4.08. The number of nitrogens with one attached hydrogen (secondary N) is 2. The molecule has 0 saturated carbocycles. The molecule has 0 spiro atoms. The minimum atomic E-state index is -3.22. The van der Waals surface area contributed by atoms with Crippen molar-refractivity contribution >= 4 is 21.8 Å². The fourth-order valence-corrected chi connectivity index (χ4v) is 6.15. The Kier molecular flexibility index (Phi) is 5.71. The molecule has 0 bridgehead atoms. The molecule has 3 amide bonds. The van der Waals surface area contributed by atoms with Crippen LogP contribution >= 0.6 is 0 Å². The Bertz CT molecular complexity index is 826. The molecule has 2 aliphatic rings. The summed E-state index contributed by atoms with van der Waals surface area (Å²) < 4.78 is 29.7. The number of fused-ring (bicyclic) bond motifs is 1. The number of hydrogen-bond donors (Lipinski definition) is 2. The van der Waals surface area contributed by atoms with Crippen LogP contribution in [0.15, 0.2) is 24.3 Å². The van der Waals surface area contributed by atoms with Crippen molar-refractivity contribution in [3.05, 3.63) is 35.4 Å². The Morgan fingerprint density at radius 2 is 2.07 bits per heavy atom. The van der Waals surface area contributed by atoms with Crippen molar-refractivity contribution in [3.63, 3.8) is 0 Å². The highest BCUT2D eigenvalue weighted by Gasteiger charge is 2.53. The molecular weight excluding hydrogens is 370 g/mol. The largest absolute Gasteiger partial charge is 0.380 e. The van der Waals surface area contributed by atoms with Crippen LogP contribution in [-0.2, 0) is 21.0 Å². The van der Waals surface area contributed by atoms with Gasteiger partial charge in [0.15, 0.2) is 9.84 Å². The zero-order valence-electron chi connectivity index (χ0n) is 15.5. The van der Waals surface area contributed by atoms with E-state index in [0.29, 0.717) is 25.1 Å². The molecule has 1 aromatic carbocycles. The van der Waals surface area contributed by atoms with Gasteiger partial charge in [0.05, 0.1) is 17.1 Å². The van der Waals surface area contributed by atoms with Gasteiger partial charge in [-0.15, -0.1) is 0 Å². The van der Waals surface area contributed by atoms with Gasteiger partial charge in [-0.25, -0.2) is 13.2 Å². The second kappa shape index (κ2) is 7.85. The number of amides is 3. The Balaban J connectivity index is 1.53. The minimum Gasteiger partial charge on any atom is -0.380 e. The molecule has 0 aliphatic carbocycles. The normalized spacial score (nSPS) is 25.9. The maximum Gasteiger partial charge on any atom is 0.317 e. The molecule has 148 valence electrons. The molecule has 2 aliphatic heterocycles. The summed E-state index contributed by atoms with van der Waals surface area (Å²) >= 11 is 0. The number of methoxy groups -OCH3 is 1. The van der Waals surface area contributed by atoms with Crippen LogP contribution in [0.25, 0.3) is 0 Å². The fraction of sp³-hybridized carbons (Fsp3) is 0.556. The molecule has 27 heavy (non-hydrogen) atoms. The highest BCUT2D eigenvalue weighted by atomic mass is 32.2. The summed E-state index contributed by atoms with van der Waals surface area (Å²) in [5, 5.41) is 4.89. The fourth-order valence-electron chi connectivity index (χ4n) is 3.86. The summed E-state index contributed by atoms with van der Waals surface area (Å²) in [5.41, 5.74) is 1.52. The molecule has 9 heteroatoms. The lowest BCUT2D eigenvalue weighted by atomic mass is 10.0.